The van der Waals surface area contributed by atoms with Crippen molar-refractivity contribution in [1.29, 1.82) is 0 Å². The van der Waals surface area contributed by atoms with Gasteiger partial charge < -0.3 is 39.4 Å². The van der Waals surface area contributed by atoms with Crippen LogP contribution in [0.3, 0.4) is 0 Å². The van der Waals surface area contributed by atoms with Crippen LogP contribution in [0.4, 0.5) is 39.8 Å². The number of non-ortho nitro benzene ring substituents is 1. The highest BCUT2D eigenvalue weighted by Gasteiger charge is 2.38. The van der Waals surface area contributed by atoms with Crippen molar-refractivity contribution in [2.45, 2.75) is 30.9 Å². The summed E-state index contributed by atoms with van der Waals surface area (Å²) in [5.41, 5.74) is 5.91. The van der Waals surface area contributed by atoms with E-state index < -0.39 is 22.0 Å². The molecule has 0 spiro atoms. The fourth-order valence-electron chi connectivity index (χ4n) is 9.10. The van der Waals surface area contributed by atoms with Crippen LogP contribution in [0, 0.1) is 10.1 Å². The molecule has 0 saturated carbocycles. The number of nitrogens with one attached hydrogen (secondary N) is 2. The number of azo groups is 2. The molecule has 23 heteroatoms. The first kappa shape index (κ1) is 58.6. The Balaban J connectivity index is 0.765. The molecule has 82 heavy (non-hydrogen) atoms. The number of thioether (sulfide) groups is 1. The van der Waals surface area contributed by atoms with Gasteiger partial charge in [0.15, 0.2) is 0 Å². The zero-order valence-electron chi connectivity index (χ0n) is 46.4. The van der Waals surface area contributed by atoms with Gasteiger partial charge in [-0.05, 0) is 91.2 Å². The van der Waals surface area contributed by atoms with Gasteiger partial charge in [-0.25, -0.2) is 9.37 Å². The third-order valence-electron chi connectivity index (χ3n) is 13.6. The quantitative estimate of drug-likeness (QED) is 0.00967. The zero-order chi connectivity index (χ0) is 58.6. The van der Waals surface area contributed by atoms with Gasteiger partial charge in [-0.3, -0.25) is 34.2 Å². The van der Waals surface area contributed by atoms with Crippen LogP contribution in [0.1, 0.15) is 46.4 Å². The van der Waals surface area contributed by atoms with E-state index in [0.29, 0.717) is 99.4 Å². The Labute approximate surface area is 476 Å². The Kier molecular flexibility index (Phi) is 19.0. The molecule has 3 N–H and O–H groups in total. The lowest BCUT2D eigenvalue weighted by Crippen LogP contribution is -2.35. The second-order valence-electron chi connectivity index (χ2n) is 19.5. The van der Waals surface area contributed by atoms with Crippen molar-refractivity contribution < 1.29 is 47.9 Å². The minimum absolute atomic E-state index is 0.0149. The zero-order valence-corrected chi connectivity index (χ0v) is 47.2. The maximum atomic E-state index is 13.6. The number of nitro benzene ring substituents is 1. The van der Waals surface area contributed by atoms with E-state index >= 15 is 0 Å². The Morgan fingerprint density at radius 1 is 0.780 bits per heavy atom. The van der Waals surface area contributed by atoms with Crippen LogP contribution < -0.4 is 39.8 Å². The van der Waals surface area contributed by atoms with Crippen molar-refractivity contribution in [2.75, 3.05) is 91.2 Å². The van der Waals surface area contributed by atoms with E-state index in [4.69, 9.17) is 13.9 Å². The fraction of sp³-hybridized carbons (Fsp3) is 0.288. The lowest BCUT2D eigenvalue weighted by atomic mass is 9.89. The number of rotatable bonds is 24. The maximum Gasteiger partial charge on any atom is 0.336 e. The second-order valence-corrected chi connectivity index (χ2v) is 20.8. The molecular weight excluding hydrogens is 1070 g/mol. The summed E-state index contributed by atoms with van der Waals surface area (Å²) in [4.78, 5) is 81.1. The van der Waals surface area contributed by atoms with Gasteiger partial charge in [0.25, 0.3) is 11.6 Å². The van der Waals surface area contributed by atoms with Gasteiger partial charge in [0.1, 0.15) is 48.3 Å². The number of nitrogens with zero attached hydrogens (tertiary/aromatic N) is 9. The molecule has 8 rings (SSSR count). The van der Waals surface area contributed by atoms with Crippen molar-refractivity contribution in [3.8, 4) is 33.9 Å². The molecule has 22 nitrogen and oxygen atoms in total. The number of nitro groups is 1. The van der Waals surface area contributed by atoms with Gasteiger partial charge in [0.05, 0.1) is 47.4 Å². The Morgan fingerprint density at radius 2 is 1.44 bits per heavy atom. The minimum atomic E-state index is -1.15. The molecule has 1 saturated heterocycles. The van der Waals surface area contributed by atoms with Crippen LogP contribution in [0.15, 0.2) is 140 Å². The van der Waals surface area contributed by atoms with E-state index in [2.05, 4.69) is 31.1 Å². The SMILES string of the molecule is COc1cc(N=Nc2ccc([N+](=O)[O-])cc2)c(OC)cc1N=Nc1ccc(N(C)CCCC(=O)NCCSC2CC(=O)N(CCCNC(=O)c3ccc(C(=O)O)c(-c4c5ccc(=[N+](C)C)cc-5oc5cc(N(C)C)ccc45)c3)C2=O)cc1. The number of amides is 4. The van der Waals surface area contributed by atoms with Gasteiger partial charge in [-0.1, -0.05) is 0 Å². The van der Waals surface area contributed by atoms with E-state index in [9.17, 15) is 39.2 Å². The number of hydrogen-bond acceptors (Lipinski definition) is 17. The van der Waals surface area contributed by atoms with E-state index in [0.717, 1.165) is 16.7 Å². The number of carbonyl (C=O) groups excluding carboxylic acids is 4. The molecular formula is C59H62N11O11S+. The average molecular weight is 1130 g/mol. The van der Waals surface area contributed by atoms with Gasteiger partial charge >= 0.3 is 5.97 Å². The number of aromatic carboxylic acids is 1. The summed E-state index contributed by atoms with van der Waals surface area (Å²) < 4.78 is 19.4. The smallest absolute Gasteiger partial charge is 0.336 e. The van der Waals surface area contributed by atoms with Crippen LogP contribution >= 0.6 is 11.8 Å². The lowest BCUT2D eigenvalue weighted by molar-refractivity contribution is -0.384. The van der Waals surface area contributed by atoms with Crippen LogP contribution in [-0.4, -0.2) is 131 Å². The number of imide groups is 1. The predicted molar refractivity (Wildman–Crippen MR) is 314 cm³/mol. The van der Waals surface area contributed by atoms with Crippen molar-refractivity contribution in [1.82, 2.24) is 20.1 Å². The summed E-state index contributed by atoms with van der Waals surface area (Å²) in [7, 11) is 12.6. The first-order chi connectivity index (χ1) is 39.4. The molecule has 424 valence electrons. The number of benzene rings is 6. The third kappa shape index (κ3) is 14.1. The number of carbonyl (C=O) groups is 5. The van der Waals surface area contributed by atoms with Crippen LogP contribution in [0.25, 0.3) is 33.4 Å². The van der Waals surface area contributed by atoms with E-state index in [1.165, 1.54) is 67.3 Å². The number of likely N-dealkylation sites (tertiary alicyclic amines) is 1. The molecule has 1 fully saturated rings. The van der Waals surface area contributed by atoms with Gasteiger partial charge in [0, 0.05) is 136 Å². The summed E-state index contributed by atoms with van der Waals surface area (Å²) in [6, 6.07) is 32.2. The first-order valence-electron chi connectivity index (χ1n) is 26.1. The second kappa shape index (κ2) is 26.6. The molecule has 0 aromatic heterocycles. The molecule has 0 radical (unpaired) electrons. The highest BCUT2D eigenvalue weighted by molar-refractivity contribution is 8.00. The van der Waals surface area contributed by atoms with Gasteiger partial charge in [0.2, 0.25) is 23.1 Å². The molecule has 5 aromatic carbocycles. The Morgan fingerprint density at radius 3 is 2.06 bits per heavy atom. The summed E-state index contributed by atoms with van der Waals surface area (Å²) in [6.45, 7) is 1.19. The summed E-state index contributed by atoms with van der Waals surface area (Å²) in [5, 5.41) is 45.3. The van der Waals surface area contributed by atoms with E-state index in [1.54, 1.807) is 18.2 Å². The van der Waals surface area contributed by atoms with E-state index in [1.807, 2.05) is 110 Å². The van der Waals surface area contributed by atoms with Gasteiger partial charge in [-0.2, -0.15) is 10.2 Å². The monoisotopic (exact) mass is 1130 g/mol. The van der Waals surface area contributed by atoms with Crippen LogP contribution in [0.5, 0.6) is 11.5 Å². The summed E-state index contributed by atoms with van der Waals surface area (Å²) in [6.07, 6.45) is 1.22. The van der Waals surface area contributed by atoms with Gasteiger partial charge in [-0.15, -0.1) is 22.0 Å². The van der Waals surface area contributed by atoms with Crippen molar-refractivity contribution in [3.63, 3.8) is 0 Å². The highest BCUT2D eigenvalue weighted by atomic mass is 32.2. The molecule has 5 aromatic rings. The summed E-state index contributed by atoms with van der Waals surface area (Å²) in [5.74, 6) is -0.614. The number of anilines is 2. The lowest BCUT2D eigenvalue weighted by Gasteiger charge is -2.19. The maximum absolute atomic E-state index is 13.6. The molecule has 1 aliphatic carbocycles. The first-order valence-corrected chi connectivity index (χ1v) is 27.2. The molecule has 2 heterocycles. The summed E-state index contributed by atoms with van der Waals surface area (Å²) >= 11 is 1.32. The molecule has 4 amide bonds. The predicted octanol–water partition coefficient (Wildman–Crippen LogP) is 9.77. The van der Waals surface area contributed by atoms with E-state index in [-0.39, 0.29) is 60.5 Å². The van der Waals surface area contributed by atoms with Crippen molar-refractivity contribution in [2.24, 2.45) is 20.5 Å². The number of fused-ring (bicyclic) bond motifs is 2. The number of carboxylic acids is 1. The van der Waals surface area contributed by atoms with Crippen molar-refractivity contribution in [3.05, 3.63) is 142 Å². The van der Waals surface area contributed by atoms with Crippen LogP contribution in [0.2, 0.25) is 0 Å². The molecule has 1 atom stereocenters. The molecule has 2 aliphatic heterocycles. The topological polar surface area (TPSA) is 267 Å². The number of methoxy groups -OCH3 is 2. The standard InChI is InChI=1S/C59H61N11O11S/c1-66(2)41-20-23-44-49(31-41)81-50-32-42(67(3)4)21-24-45(50)56(44)46-30-36(11-22-43(46)59(75)76)57(73)61-25-9-28-69-55(72)35-53(58(69)74)82-29-26-60-54(71)10-8-27-68(5)39-16-12-37(13-17-39)62-64-47-33-52(80-7)48(34-51(47)79-6)65-63-38-14-18-40(19-15-38)70(77)78/h11-24,30-34,53H,8-10,25-29,35H2,1-7H3,(H2-,60,61,71,73,75,76)/p+1. The normalized spacial score (nSPS) is 13.3. The highest BCUT2D eigenvalue weighted by Crippen LogP contribution is 2.43. The van der Waals surface area contributed by atoms with Crippen molar-refractivity contribution >= 4 is 92.1 Å². The average Bonchev–Trinajstić information content (AvgIpc) is 3.91. The number of hydrogen-bond donors (Lipinski definition) is 3. The Bertz CT molecular complexity index is 3660. The number of carboxylic acid groups (broad SMARTS) is 1. The fourth-order valence-corrected chi connectivity index (χ4v) is 10.1. The molecule has 3 aliphatic rings. The number of ether oxygens (including phenoxy) is 2. The largest absolute Gasteiger partial charge is 0.494 e. The minimum Gasteiger partial charge on any atom is -0.494 e. The molecule has 0 bridgehead atoms. The Hall–Kier alpha value is -9.51. The third-order valence-corrected chi connectivity index (χ3v) is 14.8. The molecule has 1 unspecified atom stereocenters. The van der Waals surface area contributed by atoms with Crippen LogP contribution in [-0.2, 0) is 14.4 Å².